The molecule has 0 fully saturated rings. The predicted octanol–water partition coefficient (Wildman–Crippen LogP) is 4.18. The van der Waals surface area contributed by atoms with Crippen LogP contribution in [-0.2, 0) is 17.9 Å². The van der Waals surface area contributed by atoms with Crippen LogP contribution in [-0.4, -0.2) is 39.7 Å². The predicted molar refractivity (Wildman–Crippen MR) is 143 cm³/mol. The quantitative estimate of drug-likeness (QED) is 0.226. The molecule has 0 unspecified atom stereocenters. The van der Waals surface area contributed by atoms with Gasteiger partial charge in [-0.3, -0.25) is 4.79 Å². The molecule has 0 aliphatic carbocycles. The van der Waals surface area contributed by atoms with Gasteiger partial charge in [-0.15, -0.1) is 24.0 Å². The van der Waals surface area contributed by atoms with Crippen LogP contribution in [0.4, 0.5) is 5.69 Å². The fraction of sp³-hybridized carbons (Fsp3) is 0.417. The van der Waals surface area contributed by atoms with Crippen LogP contribution in [0.1, 0.15) is 31.9 Å². The molecule has 0 saturated heterocycles. The van der Waals surface area contributed by atoms with Gasteiger partial charge in [-0.25, -0.2) is 4.99 Å². The summed E-state index contributed by atoms with van der Waals surface area (Å²) in [4.78, 5) is 16.5. The molecule has 2 aromatic rings. The molecule has 0 aromatic heterocycles. The molecular weight excluding hydrogens is 535 g/mol. The second kappa shape index (κ2) is 14.5. The number of rotatable bonds is 10. The summed E-state index contributed by atoms with van der Waals surface area (Å²) in [6.45, 7) is 7.52. The van der Waals surface area contributed by atoms with Crippen LogP contribution in [0.25, 0.3) is 0 Å². The van der Waals surface area contributed by atoms with E-state index >= 15 is 0 Å². The van der Waals surface area contributed by atoms with E-state index in [4.69, 9.17) is 14.2 Å². The number of halogens is 1. The number of carbonyl (C=O) groups is 1. The number of nitrogens with zero attached hydrogens (tertiary/aromatic N) is 1. The van der Waals surface area contributed by atoms with E-state index in [2.05, 4.69) is 20.9 Å². The number of hydrogen-bond donors (Lipinski definition) is 3. The lowest BCUT2D eigenvalue weighted by atomic mass is 10.1. The van der Waals surface area contributed by atoms with Gasteiger partial charge in [-0.1, -0.05) is 26.0 Å². The maximum Gasteiger partial charge on any atom is 0.226 e. The summed E-state index contributed by atoms with van der Waals surface area (Å²) in [5.41, 5.74) is 2.79. The van der Waals surface area contributed by atoms with Crippen LogP contribution in [0.2, 0.25) is 0 Å². The van der Waals surface area contributed by atoms with E-state index in [-0.39, 0.29) is 35.8 Å². The lowest BCUT2D eigenvalue weighted by Gasteiger charge is -2.14. The number of guanidine groups is 1. The number of carbonyl (C=O) groups excluding carboxylic acids is 1. The number of methoxy groups -OCH3 is 3. The minimum Gasteiger partial charge on any atom is -0.493 e. The van der Waals surface area contributed by atoms with E-state index in [0.29, 0.717) is 36.3 Å². The van der Waals surface area contributed by atoms with Crippen molar-refractivity contribution in [1.82, 2.24) is 10.6 Å². The standard InChI is InChI=1S/C24H34N4O4.HI/c1-7-25-24(26-14-17-8-10-19(11-9-17)28-23(29)16(2)3)27-15-18-12-20(30-4)22(32-6)21(13-18)31-5;/h8-13,16H,7,14-15H2,1-6H3,(H,28,29)(H2,25,26,27);1H. The Hall–Kier alpha value is -2.69. The van der Waals surface area contributed by atoms with Crippen LogP contribution in [0.15, 0.2) is 41.4 Å². The topological polar surface area (TPSA) is 93.2 Å². The summed E-state index contributed by atoms with van der Waals surface area (Å²) in [6, 6.07) is 11.5. The molecular formula is C24H35IN4O4. The molecule has 0 aliphatic heterocycles. The van der Waals surface area contributed by atoms with Crippen LogP contribution in [0.3, 0.4) is 0 Å². The molecule has 2 aromatic carbocycles. The van der Waals surface area contributed by atoms with Gasteiger partial charge in [0, 0.05) is 24.7 Å². The van der Waals surface area contributed by atoms with Gasteiger partial charge in [0.2, 0.25) is 11.7 Å². The molecule has 0 radical (unpaired) electrons. The molecule has 33 heavy (non-hydrogen) atoms. The Balaban J connectivity index is 0.00000544. The summed E-state index contributed by atoms with van der Waals surface area (Å²) in [6.07, 6.45) is 0. The molecule has 0 heterocycles. The first-order chi connectivity index (χ1) is 15.4. The Morgan fingerprint density at radius 1 is 0.939 bits per heavy atom. The fourth-order valence-corrected chi connectivity index (χ4v) is 2.92. The zero-order chi connectivity index (χ0) is 23.5. The zero-order valence-electron chi connectivity index (χ0n) is 20.2. The zero-order valence-corrected chi connectivity index (χ0v) is 22.5. The number of aliphatic imine (C=N–C) groups is 1. The number of anilines is 1. The Morgan fingerprint density at radius 2 is 1.55 bits per heavy atom. The van der Waals surface area contributed by atoms with E-state index in [1.807, 2.05) is 57.2 Å². The van der Waals surface area contributed by atoms with Crippen molar-refractivity contribution in [1.29, 1.82) is 0 Å². The molecule has 2 rings (SSSR count). The number of amides is 1. The summed E-state index contributed by atoms with van der Waals surface area (Å²) in [7, 11) is 4.77. The average Bonchev–Trinajstić information content (AvgIpc) is 2.80. The minimum absolute atomic E-state index is 0. The molecule has 0 saturated carbocycles. The van der Waals surface area contributed by atoms with Crippen molar-refractivity contribution in [2.24, 2.45) is 10.9 Å². The van der Waals surface area contributed by atoms with Gasteiger partial charge in [-0.05, 0) is 42.3 Å². The molecule has 182 valence electrons. The van der Waals surface area contributed by atoms with Gasteiger partial charge in [0.25, 0.3) is 0 Å². The lowest BCUT2D eigenvalue weighted by molar-refractivity contribution is -0.118. The molecule has 0 atom stereocenters. The maximum absolute atomic E-state index is 11.8. The van der Waals surface area contributed by atoms with E-state index < -0.39 is 0 Å². The van der Waals surface area contributed by atoms with Gasteiger partial charge >= 0.3 is 0 Å². The van der Waals surface area contributed by atoms with E-state index in [1.165, 1.54) is 0 Å². The van der Waals surface area contributed by atoms with Crippen molar-refractivity contribution < 1.29 is 19.0 Å². The third-order valence-corrected chi connectivity index (χ3v) is 4.69. The van der Waals surface area contributed by atoms with Gasteiger partial charge < -0.3 is 30.2 Å². The largest absolute Gasteiger partial charge is 0.493 e. The molecule has 0 spiro atoms. The van der Waals surface area contributed by atoms with Gasteiger partial charge in [0.05, 0.1) is 27.9 Å². The van der Waals surface area contributed by atoms with Gasteiger partial charge in [0.15, 0.2) is 17.5 Å². The van der Waals surface area contributed by atoms with Crippen molar-refractivity contribution in [3.63, 3.8) is 0 Å². The number of nitrogens with one attached hydrogen (secondary N) is 3. The number of hydrogen-bond acceptors (Lipinski definition) is 5. The first kappa shape index (κ1) is 28.3. The van der Waals surface area contributed by atoms with Gasteiger partial charge in [0.1, 0.15) is 0 Å². The second-order valence-corrected chi connectivity index (χ2v) is 7.42. The minimum atomic E-state index is -0.0548. The second-order valence-electron chi connectivity index (χ2n) is 7.42. The van der Waals surface area contributed by atoms with Crippen molar-refractivity contribution in [3.8, 4) is 17.2 Å². The highest BCUT2D eigenvalue weighted by Gasteiger charge is 2.13. The monoisotopic (exact) mass is 570 g/mol. The lowest BCUT2D eigenvalue weighted by Crippen LogP contribution is -2.36. The Bertz CT molecular complexity index is 892. The van der Waals surface area contributed by atoms with Crippen molar-refractivity contribution in [2.75, 3.05) is 33.2 Å². The fourth-order valence-electron chi connectivity index (χ4n) is 2.92. The normalized spacial score (nSPS) is 10.8. The smallest absolute Gasteiger partial charge is 0.226 e. The van der Waals surface area contributed by atoms with E-state index in [1.54, 1.807) is 21.3 Å². The highest BCUT2D eigenvalue weighted by molar-refractivity contribution is 14.0. The van der Waals surface area contributed by atoms with E-state index in [0.717, 1.165) is 23.4 Å². The molecule has 9 heteroatoms. The molecule has 0 aliphatic rings. The molecule has 0 bridgehead atoms. The summed E-state index contributed by atoms with van der Waals surface area (Å²) in [5.74, 6) is 2.39. The summed E-state index contributed by atoms with van der Waals surface area (Å²) >= 11 is 0. The van der Waals surface area contributed by atoms with Crippen LogP contribution < -0.4 is 30.2 Å². The van der Waals surface area contributed by atoms with E-state index in [9.17, 15) is 4.79 Å². The molecule has 1 amide bonds. The highest BCUT2D eigenvalue weighted by Crippen LogP contribution is 2.38. The summed E-state index contributed by atoms with van der Waals surface area (Å²) in [5, 5.41) is 9.47. The third kappa shape index (κ3) is 8.64. The van der Waals surface area contributed by atoms with Crippen molar-refractivity contribution >= 4 is 41.5 Å². The summed E-state index contributed by atoms with van der Waals surface area (Å²) < 4.78 is 16.2. The number of ether oxygens (including phenoxy) is 3. The Morgan fingerprint density at radius 3 is 2.03 bits per heavy atom. The molecule has 3 N–H and O–H groups in total. The Kier molecular flexibility index (Phi) is 12.4. The highest BCUT2D eigenvalue weighted by atomic mass is 127. The van der Waals surface area contributed by atoms with Crippen LogP contribution >= 0.6 is 24.0 Å². The van der Waals surface area contributed by atoms with Crippen molar-refractivity contribution in [3.05, 3.63) is 47.5 Å². The first-order valence-corrected chi connectivity index (χ1v) is 10.6. The average molecular weight is 570 g/mol. The van der Waals surface area contributed by atoms with Crippen molar-refractivity contribution in [2.45, 2.75) is 33.9 Å². The third-order valence-electron chi connectivity index (χ3n) is 4.69. The maximum atomic E-state index is 11.8. The Labute approximate surface area is 213 Å². The molecule has 8 nitrogen and oxygen atoms in total. The first-order valence-electron chi connectivity index (χ1n) is 10.6. The van der Waals surface area contributed by atoms with Gasteiger partial charge in [-0.2, -0.15) is 0 Å². The SMILES string of the molecule is CCNC(=NCc1cc(OC)c(OC)c(OC)c1)NCc1ccc(NC(=O)C(C)C)cc1.I. The van der Waals surface area contributed by atoms with Crippen LogP contribution in [0, 0.1) is 5.92 Å². The van der Waals surface area contributed by atoms with Crippen LogP contribution in [0.5, 0.6) is 17.2 Å². The number of benzene rings is 2.